The first-order valence-corrected chi connectivity index (χ1v) is 8.63. The van der Waals surface area contributed by atoms with Crippen molar-refractivity contribution in [2.45, 2.75) is 51.2 Å². The molecular formula is C20H25FN2O. The quantitative estimate of drug-likeness (QED) is 0.861. The van der Waals surface area contributed by atoms with Crippen molar-refractivity contribution >= 4 is 0 Å². The molecule has 0 amide bonds. The molecule has 2 aromatic carbocycles. The molecule has 0 atom stereocenters. The third kappa shape index (κ3) is 4.13. The minimum Gasteiger partial charge on any atom is -0.454 e. The molecule has 0 bridgehead atoms. The molecule has 128 valence electrons. The molecule has 0 saturated heterocycles. The molecule has 3 N–H and O–H groups in total. The van der Waals surface area contributed by atoms with Crippen LogP contribution in [0.4, 0.5) is 4.39 Å². The third-order valence-electron chi connectivity index (χ3n) is 4.69. The topological polar surface area (TPSA) is 47.3 Å². The lowest BCUT2D eigenvalue weighted by Crippen LogP contribution is -2.37. The molecule has 3 rings (SSSR count). The summed E-state index contributed by atoms with van der Waals surface area (Å²) in [6.45, 7) is 2.37. The van der Waals surface area contributed by atoms with Gasteiger partial charge in [0.05, 0.1) is 0 Å². The standard InChI is InChI=1S/C20H25FN2O/c1-14-7-8-15(13-23-17-11-9-16(22)10-12-17)19(21)20(14)24-18-5-3-2-4-6-18/h2-8,16-17,23H,9-13,22H2,1H3. The van der Waals surface area contributed by atoms with Crippen LogP contribution in [0.3, 0.4) is 0 Å². The van der Waals surface area contributed by atoms with E-state index in [2.05, 4.69) is 5.32 Å². The van der Waals surface area contributed by atoms with Crippen molar-refractivity contribution in [3.05, 3.63) is 59.4 Å². The second-order valence-electron chi connectivity index (χ2n) is 6.59. The van der Waals surface area contributed by atoms with Crippen LogP contribution in [0.15, 0.2) is 42.5 Å². The summed E-state index contributed by atoms with van der Waals surface area (Å²) in [5.74, 6) is 0.677. The lowest BCUT2D eigenvalue weighted by atomic mass is 9.91. The van der Waals surface area contributed by atoms with E-state index >= 15 is 0 Å². The molecule has 0 heterocycles. The van der Waals surface area contributed by atoms with Crippen LogP contribution >= 0.6 is 0 Å². The molecule has 0 spiro atoms. The Hall–Kier alpha value is -1.91. The summed E-state index contributed by atoms with van der Waals surface area (Å²) in [6, 6.07) is 13.8. The van der Waals surface area contributed by atoms with Gasteiger partial charge < -0.3 is 15.8 Å². The third-order valence-corrected chi connectivity index (χ3v) is 4.69. The summed E-state index contributed by atoms with van der Waals surface area (Å²) in [4.78, 5) is 0. The van der Waals surface area contributed by atoms with E-state index in [1.54, 1.807) is 0 Å². The maximum absolute atomic E-state index is 14.9. The molecule has 1 fully saturated rings. The zero-order valence-corrected chi connectivity index (χ0v) is 14.1. The highest BCUT2D eigenvalue weighted by atomic mass is 19.1. The Labute approximate surface area is 143 Å². The molecular weight excluding hydrogens is 303 g/mol. The van der Waals surface area contributed by atoms with Crippen LogP contribution in [-0.4, -0.2) is 12.1 Å². The van der Waals surface area contributed by atoms with E-state index in [1.165, 1.54) is 0 Å². The zero-order chi connectivity index (χ0) is 16.9. The molecule has 1 aliphatic carbocycles. The molecule has 2 aromatic rings. The van der Waals surface area contributed by atoms with Crippen molar-refractivity contribution in [2.75, 3.05) is 0 Å². The van der Waals surface area contributed by atoms with Gasteiger partial charge in [0.25, 0.3) is 0 Å². The minimum atomic E-state index is -0.279. The van der Waals surface area contributed by atoms with Gasteiger partial charge in [0.15, 0.2) is 11.6 Å². The highest BCUT2D eigenvalue weighted by Gasteiger charge is 2.19. The predicted molar refractivity (Wildman–Crippen MR) is 94.7 cm³/mol. The highest BCUT2D eigenvalue weighted by molar-refractivity contribution is 5.41. The van der Waals surface area contributed by atoms with Gasteiger partial charge in [0.1, 0.15) is 5.75 Å². The molecule has 1 saturated carbocycles. The van der Waals surface area contributed by atoms with E-state index in [1.807, 2.05) is 49.4 Å². The Bertz CT molecular complexity index is 667. The number of benzene rings is 2. The monoisotopic (exact) mass is 328 g/mol. The number of aryl methyl sites for hydroxylation is 1. The first-order valence-electron chi connectivity index (χ1n) is 8.63. The summed E-state index contributed by atoms with van der Waals surface area (Å²) in [7, 11) is 0. The fraction of sp³-hybridized carbons (Fsp3) is 0.400. The molecule has 0 aliphatic heterocycles. The van der Waals surface area contributed by atoms with Crippen LogP contribution < -0.4 is 15.8 Å². The van der Waals surface area contributed by atoms with Crippen molar-refractivity contribution in [1.29, 1.82) is 0 Å². The summed E-state index contributed by atoms with van der Waals surface area (Å²) in [5, 5.41) is 3.46. The summed E-state index contributed by atoms with van der Waals surface area (Å²) in [6.07, 6.45) is 4.19. The van der Waals surface area contributed by atoms with Crippen molar-refractivity contribution in [3.63, 3.8) is 0 Å². The van der Waals surface area contributed by atoms with Gasteiger partial charge >= 0.3 is 0 Å². The second kappa shape index (κ2) is 7.77. The first-order chi connectivity index (χ1) is 11.6. The molecule has 0 unspecified atom stereocenters. The van der Waals surface area contributed by atoms with Gasteiger partial charge in [-0.05, 0) is 50.3 Å². The number of hydrogen-bond donors (Lipinski definition) is 2. The van der Waals surface area contributed by atoms with Gasteiger partial charge in [-0.2, -0.15) is 0 Å². The summed E-state index contributed by atoms with van der Waals surface area (Å²) < 4.78 is 20.6. The van der Waals surface area contributed by atoms with E-state index in [9.17, 15) is 4.39 Å². The van der Waals surface area contributed by atoms with E-state index in [-0.39, 0.29) is 5.82 Å². The van der Waals surface area contributed by atoms with Gasteiger partial charge in [-0.15, -0.1) is 0 Å². The average molecular weight is 328 g/mol. The van der Waals surface area contributed by atoms with E-state index in [0.29, 0.717) is 35.7 Å². The molecule has 0 aromatic heterocycles. The van der Waals surface area contributed by atoms with Gasteiger partial charge in [0.2, 0.25) is 0 Å². The number of nitrogens with one attached hydrogen (secondary N) is 1. The summed E-state index contributed by atoms with van der Waals surface area (Å²) >= 11 is 0. The van der Waals surface area contributed by atoms with Crippen LogP contribution in [-0.2, 0) is 6.54 Å². The van der Waals surface area contributed by atoms with E-state index < -0.39 is 0 Å². The Morgan fingerprint density at radius 3 is 2.50 bits per heavy atom. The average Bonchev–Trinajstić information content (AvgIpc) is 2.60. The minimum absolute atomic E-state index is 0.279. The van der Waals surface area contributed by atoms with Gasteiger partial charge in [0, 0.05) is 24.2 Å². The number of ether oxygens (including phenoxy) is 1. The lowest BCUT2D eigenvalue weighted by Gasteiger charge is -2.27. The van der Waals surface area contributed by atoms with Crippen LogP contribution in [0.25, 0.3) is 0 Å². The predicted octanol–water partition coefficient (Wildman–Crippen LogP) is 4.29. The number of rotatable bonds is 5. The lowest BCUT2D eigenvalue weighted by molar-refractivity contribution is 0.339. The molecule has 4 heteroatoms. The maximum Gasteiger partial charge on any atom is 0.170 e. The fourth-order valence-corrected chi connectivity index (χ4v) is 3.14. The molecule has 0 radical (unpaired) electrons. The number of hydrogen-bond acceptors (Lipinski definition) is 3. The van der Waals surface area contributed by atoms with Crippen molar-refractivity contribution < 1.29 is 9.13 Å². The van der Waals surface area contributed by atoms with Crippen LogP contribution in [0.1, 0.15) is 36.8 Å². The number of nitrogens with two attached hydrogens (primary N) is 1. The smallest absolute Gasteiger partial charge is 0.170 e. The SMILES string of the molecule is Cc1ccc(CNC2CCC(N)CC2)c(F)c1Oc1ccccc1. The van der Waals surface area contributed by atoms with E-state index in [4.69, 9.17) is 10.5 Å². The van der Waals surface area contributed by atoms with Crippen LogP contribution in [0.5, 0.6) is 11.5 Å². The van der Waals surface area contributed by atoms with Crippen LogP contribution in [0, 0.1) is 12.7 Å². The molecule has 24 heavy (non-hydrogen) atoms. The maximum atomic E-state index is 14.9. The van der Waals surface area contributed by atoms with Crippen LogP contribution in [0.2, 0.25) is 0 Å². The van der Waals surface area contributed by atoms with Gasteiger partial charge in [-0.3, -0.25) is 0 Å². The zero-order valence-electron chi connectivity index (χ0n) is 14.1. The van der Waals surface area contributed by atoms with Gasteiger partial charge in [-0.25, -0.2) is 4.39 Å². The normalized spacial score (nSPS) is 20.8. The summed E-state index contributed by atoms with van der Waals surface area (Å²) in [5.41, 5.74) is 7.37. The molecule has 1 aliphatic rings. The number of halogens is 1. The number of para-hydroxylation sites is 1. The Kier molecular flexibility index (Phi) is 5.48. The van der Waals surface area contributed by atoms with Gasteiger partial charge in [-0.1, -0.05) is 30.3 Å². The Balaban J connectivity index is 1.69. The van der Waals surface area contributed by atoms with Crippen molar-refractivity contribution in [3.8, 4) is 11.5 Å². The van der Waals surface area contributed by atoms with Crippen molar-refractivity contribution in [2.24, 2.45) is 5.73 Å². The highest BCUT2D eigenvalue weighted by Crippen LogP contribution is 2.30. The van der Waals surface area contributed by atoms with Crippen molar-refractivity contribution in [1.82, 2.24) is 5.32 Å². The first kappa shape index (κ1) is 16.9. The Morgan fingerprint density at radius 2 is 1.79 bits per heavy atom. The second-order valence-corrected chi connectivity index (χ2v) is 6.59. The largest absolute Gasteiger partial charge is 0.454 e. The molecule has 3 nitrogen and oxygen atoms in total. The van der Waals surface area contributed by atoms with E-state index in [0.717, 1.165) is 31.2 Å². The Morgan fingerprint density at radius 1 is 1.08 bits per heavy atom. The fourth-order valence-electron chi connectivity index (χ4n) is 3.14.